The van der Waals surface area contributed by atoms with E-state index >= 15 is 0 Å². The van der Waals surface area contributed by atoms with Crippen LogP contribution in [0.25, 0.3) is 0 Å². The largest absolute Gasteiger partial charge is 0.478 e. The quantitative estimate of drug-likeness (QED) is 0.877. The highest BCUT2D eigenvalue weighted by Gasteiger charge is 2.24. The molecule has 2 rings (SSSR count). The summed E-state index contributed by atoms with van der Waals surface area (Å²) in [6.45, 7) is 0. The standard InChI is InChI=1S/C11H7Cl2N3O4S/c12-6-4-7(11(17)18)10(13)8(5-6)21(19,20)16-9-2-1-3-14-15-9/h1-5H,(H,15,16)(H,17,18). The summed E-state index contributed by atoms with van der Waals surface area (Å²) in [5.41, 5.74) is -0.413. The zero-order valence-corrected chi connectivity index (χ0v) is 12.4. The number of hydrogen-bond donors (Lipinski definition) is 2. The number of carboxylic acid groups (broad SMARTS) is 1. The first-order valence-electron chi connectivity index (χ1n) is 5.34. The Morgan fingerprint density at radius 2 is 2.00 bits per heavy atom. The van der Waals surface area contributed by atoms with Gasteiger partial charge < -0.3 is 5.11 Å². The first-order valence-corrected chi connectivity index (χ1v) is 7.58. The van der Waals surface area contributed by atoms with E-state index in [2.05, 4.69) is 14.9 Å². The van der Waals surface area contributed by atoms with Gasteiger partial charge in [-0.05, 0) is 24.3 Å². The number of anilines is 1. The summed E-state index contributed by atoms with van der Waals surface area (Å²) in [5, 5.41) is 15.6. The summed E-state index contributed by atoms with van der Waals surface area (Å²) in [7, 11) is -4.15. The van der Waals surface area contributed by atoms with Gasteiger partial charge in [-0.1, -0.05) is 23.2 Å². The third-order valence-electron chi connectivity index (χ3n) is 2.34. The van der Waals surface area contributed by atoms with Crippen molar-refractivity contribution in [2.75, 3.05) is 4.72 Å². The molecule has 0 aliphatic carbocycles. The number of carboxylic acids is 1. The second-order valence-electron chi connectivity index (χ2n) is 3.79. The fourth-order valence-corrected chi connectivity index (χ4v) is 3.36. The Kier molecular flexibility index (Phi) is 4.31. The van der Waals surface area contributed by atoms with Gasteiger partial charge in [0.2, 0.25) is 0 Å². The third kappa shape index (κ3) is 3.41. The van der Waals surface area contributed by atoms with Crippen LogP contribution in [0.5, 0.6) is 0 Å². The Labute approximate surface area is 129 Å². The highest BCUT2D eigenvalue weighted by atomic mass is 35.5. The number of sulfonamides is 1. The Balaban J connectivity index is 2.53. The molecule has 1 aromatic heterocycles. The summed E-state index contributed by atoms with van der Waals surface area (Å²) in [6.07, 6.45) is 1.37. The summed E-state index contributed by atoms with van der Waals surface area (Å²) in [6, 6.07) is 4.97. The number of halogens is 2. The molecule has 0 bridgehead atoms. The first-order chi connectivity index (χ1) is 9.81. The number of aromatic nitrogens is 2. The van der Waals surface area contributed by atoms with Crippen LogP contribution in [-0.4, -0.2) is 29.7 Å². The molecule has 110 valence electrons. The molecule has 0 spiro atoms. The van der Waals surface area contributed by atoms with Gasteiger partial charge in [-0.25, -0.2) is 13.2 Å². The predicted octanol–water partition coefficient (Wildman–Crippen LogP) is 2.28. The number of hydrogen-bond acceptors (Lipinski definition) is 5. The molecule has 0 radical (unpaired) electrons. The molecule has 1 aromatic carbocycles. The molecule has 0 saturated carbocycles. The van der Waals surface area contributed by atoms with E-state index in [1.807, 2.05) is 0 Å². The molecular weight excluding hydrogens is 341 g/mol. The monoisotopic (exact) mass is 347 g/mol. The number of rotatable bonds is 4. The van der Waals surface area contributed by atoms with Crippen molar-refractivity contribution in [1.82, 2.24) is 10.2 Å². The van der Waals surface area contributed by atoms with Crippen LogP contribution in [0, 0.1) is 0 Å². The normalized spacial score (nSPS) is 11.1. The number of benzene rings is 1. The van der Waals surface area contributed by atoms with Gasteiger partial charge in [-0.2, -0.15) is 5.10 Å². The Morgan fingerprint density at radius 1 is 1.29 bits per heavy atom. The van der Waals surface area contributed by atoms with Crippen LogP contribution in [0.2, 0.25) is 10.0 Å². The van der Waals surface area contributed by atoms with Crippen molar-refractivity contribution in [2.45, 2.75) is 4.90 Å². The van der Waals surface area contributed by atoms with Gasteiger partial charge in [0.25, 0.3) is 10.0 Å². The Morgan fingerprint density at radius 3 is 2.57 bits per heavy atom. The molecule has 2 N–H and O–H groups in total. The summed E-state index contributed by atoms with van der Waals surface area (Å²) in [4.78, 5) is 10.6. The smallest absolute Gasteiger partial charge is 0.337 e. The molecule has 0 fully saturated rings. The van der Waals surface area contributed by atoms with Crippen molar-refractivity contribution in [2.24, 2.45) is 0 Å². The van der Waals surface area contributed by atoms with E-state index < -0.39 is 31.5 Å². The Bertz CT molecular complexity index is 797. The SMILES string of the molecule is O=C(O)c1cc(Cl)cc(S(=O)(=O)Nc2cccnn2)c1Cl. The van der Waals surface area contributed by atoms with Crippen molar-refractivity contribution in [3.8, 4) is 0 Å². The zero-order valence-electron chi connectivity index (χ0n) is 10.1. The summed E-state index contributed by atoms with van der Waals surface area (Å²) in [5.74, 6) is -1.43. The minimum absolute atomic E-state index is 0.0367. The van der Waals surface area contributed by atoms with Crippen LogP contribution < -0.4 is 4.72 Å². The van der Waals surface area contributed by atoms with Crippen molar-refractivity contribution in [1.29, 1.82) is 0 Å². The van der Waals surface area contributed by atoms with Gasteiger partial charge in [0.05, 0.1) is 10.6 Å². The van der Waals surface area contributed by atoms with Crippen molar-refractivity contribution in [3.05, 3.63) is 46.1 Å². The van der Waals surface area contributed by atoms with E-state index in [-0.39, 0.29) is 10.8 Å². The lowest BCUT2D eigenvalue weighted by Gasteiger charge is -2.10. The zero-order chi connectivity index (χ0) is 15.6. The van der Waals surface area contributed by atoms with Crippen LogP contribution in [-0.2, 0) is 10.0 Å². The minimum Gasteiger partial charge on any atom is -0.478 e. The van der Waals surface area contributed by atoms with E-state index in [1.54, 1.807) is 0 Å². The van der Waals surface area contributed by atoms with Crippen molar-refractivity contribution < 1.29 is 18.3 Å². The van der Waals surface area contributed by atoms with Crippen LogP contribution in [0.15, 0.2) is 35.4 Å². The van der Waals surface area contributed by atoms with Gasteiger partial charge in [0.1, 0.15) is 4.90 Å². The van der Waals surface area contributed by atoms with Gasteiger partial charge in [-0.15, -0.1) is 5.10 Å². The molecule has 0 aliphatic rings. The number of carbonyl (C=O) groups is 1. The maximum Gasteiger partial charge on any atom is 0.337 e. The van der Waals surface area contributed by atoms with Crippen molar-refractivity contribution >= 4 is 45.0 Å². The number of nitrogens with one attached hydrogen (secondary N) is 1. The molecule has 1 heterocycles. The van der Waals surface area contributed by atoms with Crippen LogP contribution in [0.3, 0.4) is 0 Å². The number of aromatic carboxylic acids is 1. The molecule has 0 unspecified atom stereocenters. The van der Waals surface area contributed by atoms with Crippen LogP contribution in [0.4, 0.5) is 5.82 Å². The summed E-state index contributed by atoms with van der Waals surface area (Å²) >= 11 is 11.6. The maximum atomic E-state index is 12.2. The second-order valence-corrected chi connectivity index (χ2v) is 6.25. The summed E-state index contributed by atoms with van der Waals surface area (Å²) < 4.78 is 26.6. The van der Waals surface area contributed by atoms with Gasteiger partial charge in [0.15, 0.2) is 5.82 Å². The molecule has 0 amide bonds. The fraction of sp³-hybridized carbons (Fsp3) is 0. The van der Waals surface area contributed by atoms with Crippen molar-refractivity contribution in [3.63, 3.8) is 0 Å². The molecule has 0 atom stereocenters. The molecule has 2 aromatic rings. The van der Waals surface area contributed by atoms with Gasteiger partial charge >= 0.3 is 5.97 Å². The van der Waals surface area contributed by atoms with Gasteiger partial charge in [0, 0.05) is 11.2 Å². The average molecular weight is 348 g/mol. The number of nitrogens with zero attached hydrogens (tertiary/aromatic N) is 2. The molecule has 7 nitrogen and oxygen atoms in total. The first kappa shape index (κ1) is 15.5. The van der Waals surface area contributed by atoms with E-state index in [4.69, 9.17) is 28.3 Å². The van der Waals surface area contributed by atoms with Crippen LogP contribution in [0.1, 0.15) is 10.4 Å². The highest BCUT2D eigenvalue weighted by Crippen LogP contribution is 2.30. The fourth-order valence-electron chi connectivity index (χ4n) is 1.46. The molecule has 0 saturated heterocycles. The van der Waals surface area contributed by atoms with Gasteiger partial charge in [-0.3, -0.25) is 4.72 Å². The minimum atomic E-state index is -4.15. The molecular formula is C11H7Cl2N3O4S. The maximum absolute atomic E-state index is 12.2. The van der Waals surface area contributed by atoms with Crippen LogP contribution >= 0.6 is 23.2 Å². The lowest BCUT2D eigenvalue weighted by molar-refractivity contribution is 0.0697. The Hall–Kier alpha value is -1.90. The van der Waals surface area contributed by atoms with E-state index in [9.17, 15) is 13.2 Å². The van der Waals surface area contributed by atoms with E-state index in [0.717, 1.165) is 12.1 Å². The lowest BCUT2D eigenvalue weighted by Crippen LogP contribution is -2.16. The molecule has 0 aliphatic heterocycles. The third-order valence-corrected chi connectivity index (χ3v) is 4.45. The molecule has 10 heteroatoms. The van der Waals surface area contributed by atoms with E-state index in [0.29, 0.717) is 0 Å². The second kappa shape index (κ2) is 5.84. The van der Waals surface area contributed by atoms with E-state index in [1.165, 1.54) is 18.3 Å². The topological polar surface area (TPSA) is 109 Å². The predicted molar refractivity (Wildman–Crippen MR) is 76.3 cm³/mol. The lowest BCUT2D eigenvalue weighted by atomic mass is 10.2. The molecule has 21 heavy (non-hydrogen) atoms. The highest BCUT2D eigenvalue weighted by molar-refractivity contribution is 7.92. The average Bonchev–Trinajstić information content (AvgIpc) is 2.41.